The van der Waals surface area contributed by atoms with Crippen molar-refractivity contribution >= 4 is 39.2 Å². The third kappa shape index (κ3) is 7.40. The summed E-state index contributed by atoms with van der Waals surface area (Å²) in [5, 5.41) is 11.9. The van der Waals surface area contributed by atoms with Crippen molar-refractivity contribution in [3.05, 3.63) is 28.9 Å². The lowest BCUT2D eigenvalue weighted by atomic mass is 9.86. The zero-order valence-corrected chi connectivity index (χ0v) is 22.8. The molecular weight excluding hydrogens is 504 g/mol. The molecule has 36 heavy (non-hydrogen) atoms. The van der Waals surface area contributed by atoms with Crippen molar-refractivity contribution in [2.75, 3.05) is 5.32 Å². The van der Waals surface area contributed by atoms with Crippen LogP contribution in [0.2, 0.25) is 0 Å². The number of carbonyl (C=O) groups excluding carboxylic acids is 2. The molecule has 1 saturated carbocycles. The summed E-state index contributed by atoms with van der Waals surface area (Å²) >= 11 is 1.45. The van der Waals surface area contributed by atoms with E-state index in [4.69, 9.17) is 19.6 Å². The van der Waals surface area contributed by atoms with Crippen LogP contribution in [0.5, 0.6) is 0 Å². The van der Waals surface area contributed by atoms with E-state index in [2.05, 4.69) is 10.6 Å². The molecule has 0 radical (unpaired) electrons. The van der Waals surface area contributed by atoms with Gasteiger partial charge in [0.25, 0.3) is 0 Å². The van der Waals surface area contributed by atoms with Crippen molar-refractivity contribution < 1.29 is 27.5 Å². The third-order valence-electron chi connectivity index (χ3n) is 5.68. The van der Waals surface area contributed by atoms with Gasteiger partial charge in [-0.2, -0.15) is 0 Å². The van der Waals surface area contributed by atoms with Gasteiger partial charge in [-0.15, -0.1) is 11.3 Å². The predicted molar refractivity (Wildman–Crippen MR) is 139 cm³/mol. The highest BCUT2D eigenvalue weighted by atomic mass is 32.2. The van der Waals surface area contributed by atoms with E-state index in [0.29, 0.717) is 16.1 Å². The van der Waals surface area contributed by atoms with Crippen LogP contribution in [0.15, 0.2) is 23.1 Å². The largest absolute Gasteiger partial charge is 0.447 e. The van der Waals surface area contributed by atoms with Crippen LogP contribution < -0.4 is 15.8 Å². The van der Waals surface area contributed by atoms with Gasteiger partial charge < -0.3 is 14.8 Å². The van der Waals surface area contributed by atoms with E-state index in [0.717, 1.165) is 30.7 Å². The number of nitrogens with two attached hydrogens (primary N) is 1. The summed E-state index contributed by atoms with van der Waals surface area (Å²) < 4.78 is 35.1. The molecular formula is C24H34N4O6S2. The monoisotopic (exact) mass is 538 g/mol. The average molecular weight is 539 g/mol. The van der Waals surface area contributed by atoms with Crippen LogP contribution in [-0.4, -0.2) is 43.8 Å². The number of hydrogen-bond acceptors (Lipinski definition) is 8. The lowest BCUT2D eigenvalue weighted by molar-refractivity contribution is 0.109. The molecule has 1 aromatic heterocycles. The van der Waals surface area contributed by atoms with Gasteiger partial charge in [0.2, 0.25) is 10.0 Å². The summed E-state index contributed by atoms with van der Waals surface area (Å²) in [5.74, 6) is 0.214. The van der Waals surface area contributed by atoms with E-state index in [1.54, 1.807) is 26.0 Å². The smallest absolute Gasteiger partial charge is 0.411 e. The fourth-order valence-electron chi connectivity index (χ4n) is 4.13. The molecule has 1 aliphatic carbocycles. The Kier molecular flexibility index (Phi) is 8.96. The number of anilines is 1. The molecule has 2 aromatic rings. The number of amides is 2. The van der Waals surface area contributed by atoms with Gasteiger partial charge in [-0.1, -0.05) is 6.07 Å². The first-order chi connectivity index (χ1) is 16.8. The maximum atomic E-state index is 12.4. The molecule has 0 unspecified atom stereocenters. The number of nitrogens with one attached hydrogen (secondary N) is 2. The quantitative estimate of drug-likeness (QED) is 0.454. The summed E-state index contributed by atoms with van der Waals surface area (Å²) in [4.78, 5) is 29.2. The molecule has 0 bridgehead atoms. The molecule has 1 aromatic carbocycles. The van der Waals surface area contributed by atoms with E-state index >= 15 is 0 Å². The number of thiazole rings is 1. The number of aromatic nitrogens is 1. The Bertz CT molecular complexity index is 1200. The SMILES string of the molecule is Cc1nc([C@H]2CC[C@H](NC(=O)OC(C)C)CC2)sc1-c1ccc(NC(=O)OC(C)C)cc1S(N)(=O)=O. The van der Waals surface area contributed by atoms with Crippen LogP contribution in [-0.2, 0) is 19.5 Å². The highest BCUT2D eigenvalue weighted by Gasteiger charge is 2.28. The molecule has 0 aliphatic heterocycles. The van der Waals surface area contributed by atoms with Crippen LogP contribution in [0.3, 0.4) is 0 Å². The predicted octanol–water partition coefficient (Wildman–Crippen LogP) is 4.88. The Labute approximate surface area is 216 Å². The molecule has 0 spiro atoms. The average Bonchev–Trinajstić information content (AvgIpc) is 3.14. The van der Waals surface area contributed by atoms with Gasteiger partial charge in [-0.25, -0.2) is 28.1 Å². The summed E-state index contributed by atoms with van der Waals surface area (Å²) in [6.07, 6.45) is 1.74. The fraction of sp³-hybridized carbons (Fsp3) is 0.542. The molecule has 10 nitrogen and oxygen atoms in total. The van der Waals surface area contributed by atoms with Crippen molar-refractivity contribution in [3.63, 3.8) is 0 Å². The second kappa shape index (κ2) is 11.6. The number of rotatable bonds is 7. The molecule has 1 aliphatic rings. The van der Waals surface area contributed by atoms with Gasteiger partial charge in [0.1, 0.15) is 0 Å². The first-order valence-corrected chi connectivity index (χ1v) is 14.3. The Hall–Kier alpha value is -2.70. The van der Waals surface area contributed by atoms with Crippen LogP contribution in [0.4, 0.5) is 15.3 Å². The van der Waals surface area contributed by atoms with Crippen molar-refractivity contribution in [1.82, 2.24) is 10.3 Å². The third-order valence-corrected chi connectivity index (χ3v) is 7.98. The molecule has 2 amide bonds. The van der Waals surface area contributed by atoms with Crippen LogP contribution in [0, 0.1) is 6.92 Å². The standard InChI is InChI=1S/C24H34N4O6S2/c1-13(2)33-23(29)27-17-8-6-16(7-9-17)22-26-15(5)21(35-22)19-11-10-18(12-20(19)36(25,31)32)28-24(30)34-14(3)4/h10-14,16-17H,6-9H2,1-5H3,(H,27,29)(H,28,30)(H2,25,31,32)/t16-,17-. The molecule has 0 atom stereocenters. The number of benzene rings is 1. The Morgan fingerprint density at radius 1 is 1.06 bits per heavy atom. The highest BCUT2D eigenvalue weighted by molar-refractivity contribution is 7.89. The highest BCUT2D eigenvalue weighted by Crippen LogP contribution is 2.41. The molecule has 198 valence electrons. The maximum absolute atomic E-state index is 12.4. The van der Waals surface area contributed by atoms with Gasteiger partial charge in [-0.05, 0) is 72.4 Å². The zero-order valence-electron chi connectivity index (χ0n) is 21.2. The minimum Gasteiger partial charge on any atom is -0.447 e. The topological polar surface area (TPSA) is 150 Å². The van der Waals surface area contributed by atoms with Gasteiger partial charge in [0.15, 0.2) is 0 Å². The lowest BCUT2D eigenvalue weighted by Gasteiger charge is -2.28. The second-order valence-electron chi connectivity index (χ2n) is 9.45. The maximum Gasteiger partial charge on any atom is 0.411 e. The van der Waals surface area contributed by atoms with Gasteiger partial charge in [-0.3, -0.25) is 5.32 Å². The molecule has 4 N–H and O–H groups in total. The van der Waals surface area contributed by atoms with Crippen molar-refractivity contribution in [2.24, 2.45) is 5.14 Å². The van der Waals surface area contributed by atoms with E-state index in [1.807, 2.05) is 20.8 Å². The van der Waals surface area contributed by atoms with E-state index in [9.17, 15) is 18.0 Å². The summed E-state index contributed by atoms with van der Waals surface area (Å²) in [7, 11) is -4.09. The van der Waals surface area contributed by atoms with Gasteiger partial charge in [0, 0.05) is 23.2 Å². The molecule has 1 heterocycles. The van der Waals surface area contributed by atoms with Gasteiger partial charge in [0.05, 0.1) is 32.7 Å². The summed E-state index contributed by atoms with van der Waals surface area (Å²) in [6.45, 7) is 8.89. The van der Waals surface area contributed by atoms with E-state index < -0.39 is 22.2 Å². The zero-order chi connectivity index (χ0) is 26.6. The molecule has 12 heteroatoms. The normalized spacial score (nSPS) is 18.2. The second-order valence-corrected chi connectivity index (χ2v) is 12.0. The molecule has 1 fully saturated rings. The number of primary sulfonamides is 1. The van der Waals surface area contributed by atoms with Crippen LogP contribution in [0.1, 0.15) is 70.0 Å². The van der Waals surface area contributed by atoms with E-state index in [-0.39, 0.29) is 34.8 Å². The number of hydrogen-bond donors (Lipinski definition) is 3. The van der Waals surface area contributed by atoms with Crippen molar-refractivity contribution in [3.8, 4) is 10.4 Å². The number of sulfonamides is 1. The minimum atomic E-state index is -4.09. The summed E-state index contributed by atoms with van der Waals surface area (Å²) in [6, 6.07) is 4.62. The Balaban J connectivity index is 1.78. The van der Waals surface area contributed by atoms with Crippen molar-refractivity contribution in [2.45, 2.75) is 89.4 Å². The van der Waals surface area contributed by atoms with Gasteiger partial charge >= 0.3 is 12.2 Å². The van der Waals surface area contributed by atoms with Crippen LogP contribution in [0.25, 0.3) is 10.4 Å². The molecule has 3 rings (SSSR count). The number of carbonyl (C=O) groups is 2. The number of ether oxygens (including phenoxy) is 2. The number of nitrogens with zero attached hydrogens (tertiary/aromatic N) is 1. The Morgan fingerprint density at radius 3 is 2.25 bits per heavy atom. The number of alkyl carbamates (subject to hydrolysis) is 1. The lowest BCUT2D eigenvalue weighted by Crippen LogP contribution is -2.38. The minimum absolute atomic E-state index is 0.0597. The van der Waals surface area contributed by atoms with Crippen molar-refractivity contribution in [1.29, 1.82) is 0 Å². The molecule has 0 saturated heterocycles. The van der Waals surface area contributed by atoms with Crippen LogP contribution >= 0.6 is 11.3 Å². The van der Waals surface area contributed by atoms with E-state index in [1.165, 1.54) is 17.4 Å². The fourth-order valence-corrected chi connectivity index (χ4v) is 6.23. The number of aryl methyl sites for hydroxylation is 1. The first kappa shape index (κ1) is 27.9. The Morgan fingerprint density at radius 2 is 1.67 bits per heavy atom. The summed E-state index contributed by atoms with van der Waals surface area (Å²) in [5.41, 5.74) is 1.41. The first-order valence-electron chi connectivity index (χ1n) is 11.9.